The van der Waals surface area contributed by atoms with Crippen LogP contribution in [0.2, 0.25) is 0 Å². The van der Waals surface area contributed by atoms with E-state index in [0.29, 0.717) is 5.56 Å². The number of rotatable bonds is 3. The van der Waals surface area contributed by atoms with E-state index in [9.17, 15) is 17.8 Å². The van der Waals surface area contributed by atoms with Gasteiger partial charge in [-0.25, -0.2) is 8.42 Å². The second-order valence-corrected chi connectivity index (χ2v) is 9.59. The molecule has 2 aliphatic rings. The molecule has 0 radical (unpaired) electrons. The molecule has 0 unspecified atom stereocenters. The molecule has 3 rings (SSSR count). The fourth-order valence-electron chi connectivity index (χ4n) is 5.17. The molecule has 144 valence electrons. The molecule has 0 N–H and O–H groups in total. The second kappa shape index (κ2) is 8.15. The van der Waals surface area contributed by atoms with E-state index in [1.165, 1.54) is 7.11 Å². The number of hydrogen-bond acceptors (Lipinski definition) is 5. The Kier molecular flexibility index (Phi) is 6.91. The maximum absolute atomic E-state index is 12.3. The summed E-state index contributed by atoms with van der Waals surface area (Å²) < 4.78 is 40.7. The minimum atomic E-state index is -4.55. The molecule has 1 saturated carbocycles. The van der Waals surface area contributed by atoms with Crippen LogP contribution in [-0.4, -0.2) is 26.0 Å². The minimum absolute atomic E-state index is 0. The van der Waals surface area contributed by atoms with Crippen molar-refractivity contribution in [2.75, 3.05) is 7.11 Å². The predicted octanol–water partition coefficient (Wildman–Crippen LogP) is 0.511. The van der Waals surface area contributed by atoms with Gasteiger partial charge >= 0.3 is 35.5 Å². The first-order valence-corrected chi connectivity index (χ1v) is 10.7. The Morgan fingerprint density at radius 3 is 2.52 bits per heavy atom. The van der Waals surface area contributed by atoms with E-state index >= 15 is 0 Å². The summed E-state index contributed by atoms with van der Waals surface area (Å²) in [5, 5.41) is 0. The summed E-state index contributed by atoms with van der Waals surface area (Å²) in [6, 6.07) is 3.52. The van der Waals surface area contributed by atoms with Crippen LogP contribution in [0.25, 0.3) is 0 Å². The maximum Gasteiger partial charge on any atom is 1.00 e. The van der Waals surface area contributed by atoms with Gasteiger partial charge in [0.15, 0.2) is 0 Å². The molecule has 7 heteroatoms. The van der Waals surface area contributed by atoms with Gasteiger partial charge in [-0.15, -0.1) is 0 Å². The first-order chi connectivity index (χ1) is 12.1. The smallest absolute Gasteiger partial charge is 0.744 e. The van der Waals surface area contributed by atoms with Gasteiger partial charge in [0.05, 0.1) is 17.9 Å². The number of benzene rings is 1. The van der Waals surface area contributed by atoms with Crippen molar-refractivity contribution in [3.63, 3.8) is 0 Å². The van der Waals surface area contributed by atoms with Crippen LogP contribution in [0.3, 0.4) is 0 Å². The standard InChI is InChI=1S/C20H28O5S.Na/c1-12(2)15-10-13-7-8-16-14(19(21)25-4)6-5-9-20(16,3)17(13)11-18(15)26(22,23)24;/h10-12,14,16H,5-9H2,1-4H3,(H,22,23,24);/q;+1/p-1/t14-,16-,20+;/m1./s1. The average molecular weight is 402 g/mol. The van der Waals surface area contributed by atoms with Crippen molar-refractivity contribution in [3.8, 4) is 0 Å². The Labute approximate surface area is 184 Å². The topological polar surface area (TPSA) is 83.5 Å². The number of fused-ring (bicyclic) bond motifs is 3. The van der Waals surface area contributed by atoms with E-state index < -0.39 is 10.1 Å². The first kappa shape index (κ1) is 22.9. The molecule has 0 aromatic heterocycles. The minimum Gasteiger partial charge on any atom is -0.744 e. The number of carbonyl (C=O) groups is 1. The van der Waals surface area contributed by atoms with Gasteiger partial charge in [0.2, 0.25) is 0 Å². The Balaban J connectivity index is 0.00000261. The van der Waals surface area contributed by atoms with Crippen molar-refractivity contribution in [2.45, 2.75) is 69.1 Å². The van der Waals surface area contributed by atoms with Crippen molar-refractivity contribution >= 4 is 16.1 Å². The molecule has 27 heavy (non-hydrogen) atoms. The van der Waals surface area contributed by atoms with Crippen molar-refractivity contribution in [1.82, 2.24) is 0 Å². The van der Waals surface area contributed by atoms with Gasteiger partial charge in [0.1, 0.15) is 10.1 Å². The average Bonchev–Trinajstić information content (AvgIpc) is 2.58. The zero-order valence-corrected chi connectivity index (χ0v) is 19.7. The van der Waals surface area contributed by atoms with Gasteiger partial charge in [-0.2, -0.15) is 0 Å². The summed E-state index contributed by atoms with van der Waals surface area (Å²) in [5.74, 6) is -0.272. The molecule has 0 aliphatic heterocycles. The first-order valence-electron chi connectivity index (χ1n) is 9.30. The molecule has 1 fully saturated rings. The molecule has 2 aliphatic carbocycles. The normalized spacial score (nSPS) is 27.3. The molecular weight excluding hydrogens is 375 g/mol. The summed E-state index contributed by atoms with van der Waals surface area (Å²) in [6.45, 7) is 5.91. The summed E-state index contributed by atoms with van der Waals surface area (Å²) >= 11 is 0. The van der Waals surface area contributed by atoms with Crippen molar-refractivity contribution in [2.24, 2.45) is 11.8 Å². The largest absolute Gasteiger partial charge is 1.00 e. The molecular formula is C20H27NaO5S. The number of carbonyl (C=O) groups excluding carboxylic acids is 1. The van der Waals surface area contributed by atoms with Crippen molar-refractivity contribution < 1.29 is 52.1 Å². The second-order valence-electron chi connectivity index (χ2n) is 8.24. The van der Waals surface area contributed by atoms with Crippen LogP contribution in [0.1, 0.15) is 69.1 Å². The van der Waals surface area contributed by atoms with Crippen molar-refractivity contribution in [1.29, 1.82) is 0 Å². The zero-order chi connectivity index (χ0) is 19.3. The van der Waals surface area contributed by atoms with Crippen LogP contribution in [0, 0.1) is 11.8 Å². The molecule has 1 aromatic rings. The number of aryl methyl sites for hydroxylation is 1. The third-order valence-corrected chi connectivity index (χ3v) is 7.38. The van der Waals surface area contributed by atoms with E-state index in [1.54, 1.807) is 6.07 Å². The Morgan fingerprint density at radius 1 is 1.30 bits per heavy atom. The van der Waals surface area contributed by atoms with E-state index in [-0.39, 0.29) is 63.6 Å². The molecule has 0 heterocycles. The van der Waals surface area contributed by atoms with Crippen LogP contribution in [0.4, 0.5) is 0 Å². The van der Waals surface area contributed by atoms with Gasteiger partial charge in [0.25, 0.3) is 0 Å². The monoisotopic (exact) mass is 402 g/mol. The summed E-state index contributed by atoms with van der Waals surface area (Å²) in [7, 11) is -3.13. The van der Waals surface area contributed by atoms with E-state index in [0.717, 1.165) is 43.2 Å². The summed E-state index contributed by atoms with van der Waals surface area (Å²) in [4.78, 5) is 12.2. The molecule has 3 atom stereocenters. The third kappa shape index (κ3) is 4.01. The molecule has 5 nitrogen and oxygen atoms in total. The molecule has 0 bridgehead atoms. The van der Waals surface area contributed by atoms with Gasteiger partial charge in [-0.3, -0.25) is 4.79 Å². The van der Waals surface area contributed by atoms with Crippen LogP contribution in [-0.2, 0) is 31.5 Å². The zero-order valence-electron chi connectivity index (χ0n) is 16.9. The number of ether oxygens (including phenoxy) is 1. The Hall–Kier alpha value is -0.400. The third-order valence-electron chi connectivity index (χ3n) is 6.49. The SMILES string of the molecule is COC(=O)[C@@H]1CCC[C@]2(C)c3cc(S(=O)(=O)[O-])c(C(C)C)cc3CC[C@H]12.[Na+]. The summed E-state index contributed by atoms with van der Waals surface area (Å²) in [6.07, 6.45) is 4.25. The van der Waals surface area contributed by atoms with Crippen LogP contribution in [0.5, 0.6) is 0 Å². The number of esters is 1. The molecule has 0 saturated heterocycles. The van der Waals surface area contributed by atoms with Crippen LogP contribution in [0.15, 0.2) is 17.0 Å². The fourth-order valence-corrected chi connectivity index (χ4v) is 6.01. The van der Waals surface area contributed by atoms with Gasteiger partial charge < -0.3 is 9.29 Å². The van der Waals surface area contributed by atoms with Gasteiger partial charge in [0, 0.05) is 0 Å². The fraction of sp³-hybridized carbons (Fsp3) is 0.650. The molecule has 1 aromatic carbocycles. The predicted molar refractivity (Wildman–Crippen MR) is 97.0 cm³/mol. The Bertz CT molecular complexity index is 833. The quantitative estimate of drug-likeness (QED) is 0.418. The molecule has 0 amide bonds. The Morgan fingerprint density at radius 2 is 1.96 bits per heavy atom. The van der Waals surface area contributed by atoms with Gasteiger partial charge in [-0.05, 0) is 65.7 Å². The maximum atomic E-state index is 12.3. The molecule has 0 spiro atoms. The van der Waals surface area contributed by atoms with E-state index in [1.807, 2.05) is 19.9 Å². The van der Waals surface area contributed by atoms with E-state index in [2.05, 4.69) is 6.92 Å². The number of hydrogen-bond donors (Lipinski definition) is 0. The van der Waals surface area contributed by atoms with E-state index in [4.69, 9.17) is 4.74 Å². The summed E-state index contributed by atoms with van der Waals surface area (Å²) in [5.41, 5.74) is 2.34. The number of methoxy groups -OCH3 is 1. The van der Waals surface area contributed by atoms with Crippen molar-refractivity contribution in [3.05, 3.63) is 28.8 Å². The van der Waals surface area contributed by atoms with Crippen LogP contribution >= 0.6 is 0 Å². The van der Waals surface area contributed by atoms with Gasteiger partial charge in [-0.1, -0.05) is 33.3 Å². The van der Waals surface area contributed by atoms with Crippen LogP contribution < -0.4 is 29.6 Å².